The topological polar surface area (TPSA) is 74.6 Å². The molecule has 0 fully saturated rings. The Morgan fingerprint density at radius 2 is 2.05 bits per heavy atom. The maximum atomic E-state index is 11.9. The minimum Gasteiger partial charge on any atom is -0.444 e. The van der Waals surface area contributed by atoms with E-state index in [0.29, 0.717) is 17.8 Å². The third-order valence-electron chi connectivity index (χ3n) is 2.39. The van der Waals surface area contributed by atoms with Crippen LogP contribution in [-0.4, -0.2) is 49.9 Å². The number of amides is 2. The summed E-state index contributed by atoms with van der Waals surface area (Å²) in [5, 5.41) is 5.82. The molecule has 1 aromatic heterocycles. The van der Waals surface area contributed by atoms with Gasteiger partial charge in [-0.15, -0.1) is 12.4 Å². The predicted molar refractivity (Wildman–Crippen MR) is 82.2 cm³/mol. The van der Waals surface area contributed by atoms with E-state index in [1.807, 2.05) is 6.92 Å². The number of nitrogens with zero attached hydrogens (tertiary/aromatic N) is 1. The maximum absolute atomic E-state index is 11.9. The average molecular weight is 369 g/mol. The summed E-state index contributed by atoms with van der Waals surface area (Å²) in [5.74, 6) is -0.318. The van der Waals surface area contributed by atoms with Gasteiger partial charge < -0.3 is 20.0 Å². The number of carbonyl (C=O) groups is 2. The van der Waals surface area contributed by atoms with Crippen molar-refractivity contribution in [2.24, 2.45) is 0 Å². The van der Waals surface area contributed by atoms with Gasteiger partial charge in [-0.25, -0.2) is 0 Å². The van der Waals surface area contributed by atoms with Crippen LogP contribution in [0.1, 0.15) is 17.5 Å². The molecule has 0 aliphatic carbocycles. The minimum absolute atomic E-state index is 0. The minimum atomic E-state index is -0.326. The zero-order valence-corrected chi connectivity index (χ0v) is 13.8. The van der Waals surface area contributed by atoms with Crippen molar-refractivity contribution < 1.29 is 14.0 Å². The first-order chi connectivity index (χ1) is 9.04. The molecule has 8 heteroatoms. The smallest absolute Gasteiger partial charge is 0.289 e. The number of hydrogen-bond donors (Lipinski definition) is 2. The van der Waals surface area contributed by atoms with Crippen LogP contribution in [0.25, 0.3) is 0 Å². The summed E-state index contributed by atoms with van der Waals surface area (Å²) in [6.07, 6.45) is 0. The second kappa shape index (κ2) is 9.79. The third-order valence-corrected chi connectivity index (χ3v) is 2.81. The van der Waals surface area contributed by atoms with Gasteiger partial charge >= 0.3 is 0 Å². The number of halogens is 2. The Balaban J connectivity index is 0.00000361. The van der Waals surface area contributed by atoms with Crippen LogP contribution < -0.4 is 10.6 Å². The third kappa shape index (κ3) is 6.40. The Bertz CT molecular complexity index is 439. The van der Waals surface area contributed by atoms with Crippen molar-refractivity contribution in [3.8, 4) is 0 Å². The van der Waals surface area contributed by atoms with E-state index in [9.17, 15) is 9.59 Å². The largest absolute Gasteiger partial charge is 0.444 e. The molecule has 0 bridgehead atoms. The molecule has 0 atom stereocenters. The van der Waals surface area contributed by atoms with Gasteiger partial charge in [0.2, 0.25) is 5.91 Å². The van der Waals surface area contributed by atoms with Gasteiger partial charge in [0.1, 0.15) is 0 Å². The number of furan rings is 1. The lowest BCUT2D eigenvalue weighted by atomic mass is 10.4. The molecule has 0 aliphatic heterocycles. The van der Waals surface area contributed by atoms with Crippen LogP contribution >= 0.6 is 28.3 Å². The SMILES string of the molecule is CCNCCNC(=O)CN(C)C(=O)c1ccc(Br)o1.Cl. The second-order valence-electron chi connectivity index (χ2n) is 3.97. The molecule has 0 saturated heterocycles. The van der Waals surface area contributed by atoms with E-state index in [1.165, 1.54) is 4.90 Å². The lowest BCUT2D eigenvalue weighted by molar-refractivity contribution is -0.121. The van der Waals surface area contributed by atoms with Gasteiger partial charge in [0, 0.05) is 20.1 Å². The fraction of sp³-hybridized carbons (Fsp3) is 0.500. The van der Waals surface area contributed by atoms with E-state index < -0.39 is 0 Å². The fourth-order valence-electron chi connectivity index (χ4n) is 1.43. The molecular weight excluding hydrogens is 350 g/mol. The number of hydrogen-bond acceptors (Lipinski definition) is 4. The zero-order valence-electron chi connectivity index (χ0n) is 11.4. The average Bonchev–Trinajstić information content (AvgIpc) is 2.80. The lowest BCUT2D eigenvalue weighted by Gasteiger charge is -2.15. The first-order valence-corrected chi connectivity index (χ1v) is 6.82. The van der Waals surface area contributed by atoms with Crippen molar-refractivity contribution in [1.82, 2.24) is 15.5 Å². The normalized spacial score (nSPS) is 9.75. The van der Waals surface area contributed by atoms with Crippen LogP contribution in [0.2, 0.25) is 0 Å². The van der Waals surface area contributed by atoms with Crippen LogP contribution in [-0.2, 0) is 4.79 Å². The highest BCUT2D eigenvalue weighted by Gasteiger charge is 2.17. The molecule has 6 nitrogen and oxygen atoms in total. The summed E-state index contributed by atoms with van der Waals surface area (Å²) >= 11 is 3.13. The lowest BCUT2D eigenvalue weighted by Crippen LogP contribution is -2.40. The molecular formula is C12H19BrClN3O3. The number of likely N-dealkylation sites (N-methyl/N-ethyl adjacent to an activating group) is 2. The van der Waals surface area contributed by atoms with Crippen LogP contribution in [0, 0.1) is 0 Å². The van der Waals surface area contributed by atoms with E-state index in [-0.39, 0.29) is 36.5 Å². The van der Waals surface area contributed by atoms with Gasteiger partial charge in [-0.1, -0.05) is 6.92 Å². The van der Waals surface area contributed by atoms with Crippen molar-refractivity contribution in [3.63, 3.8) is 0 Å². The first kappa shape index (κ1) is 18.9. The highest BCUT2D eigenvalue weighted by atomic mass is 79.9. The number of carbonyl (C=O) groups excluding carboxylic acids is 2. The molecule has 0 aromatic carbocycles. The molecule has 0 radical (unpaired) electrons. The standard InChI is InChI=1S/C12H18BrN3O3.ClH/c1-3-14-6-7-15-11(17)8-16(2)12(18)9-4-5-10(13)19-9;/h4-5,14H,3,6-8H2,1-2H3,(H,15,17);1H. The van der Waals surface area contributed by atoms with Gasteiger partial charge in [-0.2, -0.15) is 0 Å². The molecule has 0 aliphatic rings. The summed E-state index contributed by atoms with van der Waals surface area (Å²) in [6, 6.07) is 3.20. The highest BCUT2D eigenvalue weighted by molar-refractivity contribution is 9.10. The van der Waals surface area contributed by atoms with Crippen LogP contribution in [0.15, 0.2) is 21.2 Å². The number of rotatable bonds is 7. The molecule has 1 heterocycles. The van der Waals surface area contributed by atoms with Crippen molar-refractivity contribution in [3.05, 3.63) is 22.6 Å². The Morgan fingerprint density at radius 3 is 2.60 bits per heavy atom. The molecule has 1 aromatic rings. The summed E-state index contributed by atoms with van der Waals surface area (Å²) in [7, 11) is 1.56. The van der Waals surface area contributed by atoms with Crippen LogP contribution in [0.3, 0.4) is 0 Å². The predicted octanol–water partition coefficient (Wildman–Crippen LogP) is 1.26. The van der Waals surface area contributed by atoms with Gasteiger partial charge in [0.05, 0.1) is 6.54 Å². The van der Waals surface area contributed by atoms with E-state index in [4.69, 9.17) is 4.42 Å². The maximum Gasteiger partial charge on any atom is 0.289 e. The highest BCUT2D eigenvalue weighted by Crippen LogP contribution is 2.15. The second-order valence-corrected chi connectivity index (χ2v) is 4.75. The van der Waals surface area contributed by atoms with Crippen molar-refractivity contribution in [1.29, 1.82) is 0 Å². The fourth-order valence-corrected chi connectivity index (χ4v) is 1.73. The molecule has 0 spiro atoms. The van der Waals surface area contributed by atoms with E-state index >= 15 is 0 Å². The summed E-state index contributed by atoms with van der Waals surface area (Å²) in [4.78, 5) is 24.8. The van der Waals surface area contributed by atoms with Crippen LogP contribution in [0.4, 0.5) is 0 Å². The summed E-state index contributed by atoms with van der Waals surface area (Å²) < 4.78 is 5.63. The molecule has 20 heavy (non-hydrogen) atoms. The zero-order chi connectivity index (χ0) is 14.3. The molecule has 0 unspecified atom stereocenters. The Hall–Kier alpha value is -1.05. The van der Waals surface area contributed by atoms with E-state index in [0.717, 1.165) is 6.54 Å². The molecule has 114 valence electrons. The van der Waals surface area contributed by atoms with Crippen molar-refractivity contribution in [2.75, 3.05) is 33.2 Å². The van der Waals surface area contributed by atoms with Gasteiger partial charge in [0.25, 0.3) is 5.91 Å². The Labute approximate surface area is 132 Å². The quantitative estimate of drug-likeness (QED) is 0.711. The first-order valence-electron chi connectivity index (χ1n) is 6.02. The van der Waals surface area contributed by atoms with E-state index in [1.54, 1.807) is 19.2 Å². The van der Waals surface area contributed by atoms with E-state index in [2.05, 4.69) is 26.6 Å². The van der Waals surface area contributed by atoms with Crippen molar-refractivity contribution in [2.45, 2.75) is 6.92 Å². The van der Waals surface area contributed by atoms with Gasteiger partial charge in [-0.05, 0) is 34.6 Å². The number of nitrogens with one attached hydrogen (secondary N) is 2. The van der Waals surface area contributed by atoms with Gasteiger partial charge in [-0.3, -0.25) is 9.59 Å². The molecule has 2 amide bonds. The monoisotopic (exact) mass is 367 g/mol. The Kier molecular flexibility index (Phi) is 9.28. The molecule has 1 rings (SSSR count). The van der Waals surface area contributed by atoms with Gasteiger partial charge in [0.15, 0.2) is 10.4 Å². The summed E-state index contributed by atoms with van der Waals surface area (Å²) in [5.41, 5.74) is 0. The summed E-state index contributed by atoms with van der Waals surface area (Å²) in [6.45, 7) is 4.12. The molecule has 0 saturated carbocycles. The Morgan fingerprint density at radius 1 is 1.35 bits per heavy atom. The van der Waals surface area contributed by atoms with Crippen LogP contribution in [0.5, 0.6) is 0 Å². The molecule has 2 N–H and O–H groups in total. The van der Waals surface area contributed by atoms with Crippen molar-refractivity contribution >= 4 is 40.2 Å².